The number of carbonyl (C=O) groups is 1. The number of ether oxygens (including phenoxy) is 4. The van der Waals surface area contributed by atoms with Gasteiger partial charge in [-0.2, -0.15) is 0 Å². The van der Waals surface area contributed by atoms with Gasteiger partial charge in [0.1, 0.15) is 35.3 Å². The predicted molar refractivity (Wildman–Crippen MR) is 114 cm³/mol. The molecule has 1 atom stereocenters. The first-order chi connectivity index (χ1) is 13.7. The lowest BCUT2D eigenvalue weighted by Gasteiger charge is -2.40. The minimum Gasteiger partial charge on any atom is -0.490 e. The zero-order chi connectivity index (χ0) is 21.2. The Morgan fingerprint density at radius 3 is 2.79 bits per heavy atom. The third kappa shape index (κ3) is 5.48. The van der Waals surface area contributed by atoms with Crippen LogP contribution in [0.2, 0.25) is 5.02 Å². The Balaban J connectivity index is 1.73. The summed E-state index contributed by atoms with van der Waals surface area (Å²) in [4.78, 5) is 16.5. The normalized spacial score (nSPS) is 19.7. The molecule has 1 aromatic carbocycles. The van der Waals surface area contributed by atoms with Crippen LogP contribution in [0.3, 0.4) is 0 Å². The Morgan fingerprint density at radius 2 is 2.10 bits per heavy atom. The number of hydrogen-bond donors (Lipinski definition) is 0. The van der Waals surface area contributed by atoms with Crippen molar-refractivity contribution >= 4 is 33.6 Å². The molecule has 0 radical (unpaired) electrons. The van der Waals surface area contributed by atoms with E-state index in [1.807, 2.05) is 26.8 Å². The van der Waals surface area contributed by atoms with E-state index in [1.54, 1.807) is 12.0 Å². The molecule has 0 bridgehead atoms. The molecule has 1 aromatic rings. The number of carbonyl (C=O) groups excluding carboxylic acids is 1. The highest BCUT2D eigenvalue weighted by Gasteiger charge is 2.35. The Hall–Kier alpha value is -1.22. The first kappa shape index (κ1) is 22.5. The Labute approximate surface area is 185 Å². The van der Waals surface area contributed by atoms with Gasteiger partial charge in [-0.15, -0.1) is 0 Å². The fourth-order valence-corrected chi connectivity index (χ4v) is 4.08. The fraction of sp³-hybridized carbons (Fsp3) is 0.650. The SMILES string of the molecule is COCCOc1cc2c(c(Cl)c1Br)OC[C@H]1CN(C(=O)OC(C)(C)C)CCN1C2. The van der Waals surface area contributed by atoms with Crippen LogP contribution in [0.1, 0.15) is 26.3 Å². The first-order valence-corrected chi connectivity index (χ1v) is 10.8. The molecule has 9 heteroatoms. The van der Waals surface area contributed by atoms with Gasteiger partial charge < -0.3 is 23.8 Å². The molecule has 2 aliphatic rings. The molecule has 0 aliphatic carbocycles. The molecule has 162 valence electrons. The van der Waals surface area contributed by atoms with E-state index in [2.05, 4.69) is 20.8 Å². The Kier molecular flexibility index (Phi) is 7.19. The van der Waals surface area contributed by atoms with Crippen LogP contribution in [0.15, 0.2) is 10.5 Å². The topological polar surface area (TPSA) is 60.5 Å². The van der Waals surface area contributed by atoms with Crippen LogP contribution in [0, 0.1) is 0 Å². The van der Waals surface area contributed by atoms with Gasteiger partial charge in [-0.05, 0) is 42.8 Å². The molecule has 1 amide bonds. The van der Waals surface area contributed by atoms with Crippen LogP contribution in [-0.2, 0) is 16.0 Å². The molecular weight excluding hydrogens is 464 g/mol. The van der Waals surface area contributed by atoms with Gasteiger partial charge in [0.2, 0.25) is 0 Å². The summed E-state index contributed by atoms with van der Waals surface area (Å²) in [6.07, 6.45) is -0.284. The van der Waals surface area contributed by atoms with Gasteiger partial charge in [0.25, 0.3) is 0 Å². The van der Waals surface area contributed by atoms with E-state index in [9.17, 15) is 4.79 Å². The molecule has 2 aliphatic heterocycles. The number of rotatable bonds is 4. The summed E-state index contributed by atoms with van der Waals surface area (Å²) in [7, 11) is 1.63. The molecule has 2 heterocycles. The highest BCUT2D eigenvalue weighted by atomic mass is 79.9. The number of halogens is 2. The smallest absolute Gasteiger partial charge is 0.410 e. The predicted octanol–water partition coefficient (Wildman–Crippen LogP) is 3.94. The molecule has 0 saturated carbocycles. The zero-order valence-corrected chi connectivity index (χ0v) is 19.6. The van der Waals surface area contributed by atoms with Crippen molar-refractivity contribution in [2.24, 2.45) is 0 Å². The van der Waals surface area contributed by atoms with Crippen molar-refractivity contribution in [1.82, 2.24) is 9.80 Å². The van der Waals surface area contributed by atoms with E-state index >= 15 is 0 Å². The second kappa shape index (κ2) is 9.29. The zero-order valence-electron chi connectivity index (χ0n) is 17.3. The average Bonchev–Trinajstić information content (AvgIpc) is 2.83. The van der Waals surface area contributed by atoms with Crippen LogP contribution in [0.25, 0.3) is 0 Å². The van der Waals surface area contributed by atoms with Crippen molar-refractivity contribution in [3.05, 3.63) is 21.1 Å². The molecule has 7 nitrogen and oxygen atoms in total. The highest BCUT2D eigenvalue weighted by molar-refractivity contribution is 9.10. The molecule has 3 rings (SSSR count). The maximum atomic E-state index is 12.5. The van der Waals surface area contributed by atoms with Crippen LogP contribution in [-0.4, -0.2) is 74.1 Å². The average molecular weight is 492 g/mol. The van der Waals surface area contributed by atoms with Crippen molar-refractivity contribution in [2.45, 2.75) is 39.0 Å². The quantitative estimate of drug-likeness (QED) is 0.595. The summed E-state index contributed by atoms with van der Waals surface area (Å²) < 4.78 is 23.1. The highest BCUT2D eigenvalue weighted by Crippen LogP contribution is 2.43. The summed E-state index contributed by atoms with van der Waals surface area (Å²) in [5, 5.41) is 0.499. The van der Waals surface area contributed by atoms with Crippen LogP contribution in [0.5, 0.6) is 11.5 Å². The second-order valence-electron chi connectivity index (χ2n) is 8.19. The van der Waals surface area contributed by atoms with Gasteiger partial charge in [0.15, 0.2) is 0 Å². The lowest BCUT2D eigenvalue weighted by atomic mass is 10.1. The lowest BCUT2D eigenvalue weighted by molar-refractivity contribution is -0.00154. The number of nitrogens with zero attached hydrogens (tertiary/aromatic N) is 2. The van der Waals surface area contributed by atoms with Crippen LogP contribution >= 0.6 is 27.5 Å². The van der Waals surface area contributed by atoms with E-state index in [4.69, 9.17) is 30.5 Å². The van der Waals surface area contributed by atoms with Crippen molar-refractivity contribution in [3.63, 3.8) is 0 Å². The van der Waals surface area contributed by atoms with Crippen molar-refractivity contribution < 1.29 is 23.7 Å². The van der Waals surface area contributed by atoms with Gasteiger partial charge in [0, 0.05) is 38.9 Å². The minimum absolute atomic E-state index is 0.0661. The molecule has 0 unspecified atom stereocenters. The van der Waals surface area contributed by atoms with E-state index in [1.165, 1.54) is 0 Å². The standard InChI is InChI=1S/C20H28BrClN2O5/c1-20(2,3)29-19(25)24-6-5-23-10-13-9-15(27-8-7-26-4)16(21)17(22)18(13)28-12-14(23)11-24/h9,14H,5-8,10-12H2,1-4H3/t14-/m1/s1. The number of hydrogen-bond acceptors (Lipinski definition) is 6. The monoisotopic (exact) mass is 490 g/mol. The third-order valence-corrected chi connectivity index (χ3v) is 6.18. The van der Waals surface area contributed by atoms with Crippen molar-refractivity contribution in [1.29, 1.82) is 0 Å². The number of fused-ring (bicyclic) bond motifs is 2. The fourth-order valence-electron chi connectivity index (χ4n) is 3.40. The summed E-state index contributed by atoms with van der Waals surface area (Å²) in [5.74, 6) is 1.33. The van der Waals surface area contributed by atoms with Crippen molar-refractivity contribution in [2.75, 3.05) is 46.6 Å². The number of piperazine rings is 1. The second-order valence-corrected chi connectivity index (χ2v) is 9.36. The summed E-state index contributed by atoms with van der Waals surface area (Å²) in [5.41, 5.74) is 0.461. The van der Waals surface area contributed by atoms with E-state index < -0.39 is 5.60 Å². The molecule has 0 N–H and O–H groups in total. The van der Waals surface area contributed by atoms with Crippen LogP contribution in [0.4, 0.5) is 4.79 Å². The Bertz CT molecular complexity index is 755. The summed E-state index contributed by atoms with van der Waals surface area (Å²) in [6.45, 7) is 9.57. The van der Waals surface area contributed by atoms with Gasteiger partial charge in [-0.25, -0.2) is 4.79 Å². The van der Waals surface area contributed by atoms with Gasteiger partial charge in [-0.3, -0.25) is 4.90 Å². The summed E-state index contributed by atoms with van der Waals surface area (Å²) in [6, 6.07) is 2.03. The lowest BCUT2D eigenvalue weighted by Crippen LogP contribution is -2.56. The number of methoxy groups -OCH3 is 1. The molecule has 0 aromatic heterocycles. The minimum atomic E-state index is -0.510. The molecule has 29 heavy (non-hydrogen) atoms. The maximum absolute atomic E-state index is 12.5. The molecule has 0 spiro atoms. The molecule has 1 saturated heterocycles. The third-order valence-electron chi connectivity index (χ3n) is 4.80. The maximum Gasteiger partial charge on any atom is 0.410 e. The van der Waals surface area contributed by atoms with Gasteiger partial charge in [0.05, 0.1) is 17.1 Å². The summed E-state index contributed by atoms with van der Waals surface area (Å²) >= 11 is 10.1. The molecular formula is C20H28BrClN2O5. The largest absolute Gasteiger partial charge is 0.490 e. The van der Waals surface area contributed by atoms with Gasteiger partial charge in [-0.1, -0.05) is 11.6 Å². The van der Waals surface area contributed by atoms with E-state index in [-0.39, 0.29) is 12.1 Å². The van der Waals surface area contributed by atoms with Crippen molar-refractivity contribution in [3.8, 4) is 11.5 Å². The Morgan fingerprint density at radius 1 is 1.34 bits per heavy atom. The van der Waals surface area contributed by atoms with Gasteiger partial charge >= 0.3 is 6.09 Å². The number of benzene rings is 1. The first-order valence-electron chi connectivity index (χ1n) is 9.67. The van der Waals surface area contributed by atoms with E-state index in [0.29, 0.717) is 60.4 Å². The number of amides is 1. The van der Waals surface area contributed by atoms with E-state index in [0.717, 1.165) is 12.1 Å². The van der Waals surface area contributed by atoms with Crippen LogP contribution < -0.4 is 9.47 Å². The molecule has 1 fully saturated rings.